The van der Waals surface area contributed by atoms with Gasteiger partial charge in [0.25, 0.3) is 0 Å². The van der Waals surface area contributed by atoms with Crippen LogP contribution in [0.5, 0.6) is 0 Å². The summed E-state index contributed by atoms with van der Waals surface area (Å²) >= 11 is 0. The Bertz CT molecular complexity index is 599. The fraction of sp³-hybridized carbons (Fsp3) is 0.632. The molecule has 2 aliphatic heterocycles. The van der Waals surface area contributed by atoms with Crippen LogP contribution < -0.4 is 15.5 Å². The maximum atomic E-state index is 12.3. The lowest BCUT2D eigenvalue weighted by molar-refractivity contribution is 0.122. The van der Waals surface area contributed by atoms with E-state index in [0.717, 1.165) is 57.1 Å². The highest BCUT2D eigenvalue weighted by Gasteiger charge is 2.25. The molecule has 25 heavy (non-hydrogen) atoms. The Hall–Kier alpha value is -1.79. The smallest absolute Gasteiger partial charge is 0.319 e. The summed E-state index contributed by atoms with van der Waals surface area (Å²) in [7, 11) is 0. The van der Waals surface area contributed by atoms with Crippen molar-refractivity contribution in [1.29, 1.82) is 0 Å². The monoisotopic (exact) mass is 346 g/mol. The van der Waals surface area contributed by atoms with Gasteiger partial charge in [-0.15, -0.1) is 0 Å². The van der Waals surface area contributed by atoms with Crippen LogP contribution in [0, 0.1) is 6.92 Å². The van der Waals surface area contributed by atoms with Gasteiger partial charge in [0, 0.05) is 49.6 Å². The van der Waals surface area contributed by atoms with Crippen molar-refractivity contribution in [2.75, 3.05) is 49.6 Å². The molecule has 0 bridgehead atoms. The molecule has 2 saturated heterocycles. The van der Waals surface area contributed by atoms with Crippen LogP contribution >= 0.6 is 0 Å². The number of nitrogens with one attached hydrogen (secondary N) is 2. The zero-order valence-electron chi connectivity index (χ0n) is 15.5. The first-order valence-corrected chi connectivity index (χ1v) is 9.28. The molecule has 0 saturated carbocycles. The molecule has 1 atom stereocenters. The lowest BCUT2D eigenvalue weighted by atomic mass is 10.1. The quantitative estimate of drug-likeness (QED) is 0.879. The van der Waals surface area contributed by atoms with Gasteiger partial charge in [-0.3, -0.25) is 4.90 Å². The number of carbonyl (C=O) groups excluding carboxylic acids is 1. The highest BCUT2D eigenvalue weighted by atomic mass is 16.5. The highest BCUT2D eigenvalue weighted by Crippen LogP contribution is 2.23. The minimum Gasteiger partial charge on any atom is -0.378 e. The maximum Gasteiger partial charge on any atom is 0.319 e. The number of amides is 2. The number of benzene rings is 1. The van der Waals surface area contributed by atoms with E-state index in [2.05, 4.69) is 46.4 Å². The molecule has 0 radical (unpaired) electrons. The second kappa shape index (κ2) is 8.06. The lowest BCUT2D eigenvalue weighted by Crippen LogP contribution is -2.40. The Morgan fingerprint density at radius 1 is 1.24 bits per heavy atom. The molecule has 2 fully saturated rings. The zero-order valence-corrected chi connectivity index (χ0v) is 15.5. The third-order valence-corrected chi connectivity index (χ3v) is 5.12. The molecule has 2 N–H and O–H groups in total. The standard InChI is InChI=1S/C19H30N4O2/c1-14(2)23-7-6-16(13-23)20-19(24)21-18-5-4-17(12-15(18)3)22-8-10-25-11-9-22/h4-5,12,14,16H,6-11,13H2,1-3H3,(H2,20,21,24). The van der Waals surface area contributed by atoms with Gasteiger partial charge in [0.2, 0.25) is 0 Å². The van der Waals surface area contributed by atoms with Crippen LogP contribution in [0.4, 0.5) is 16.2 Å². The van der Waals surface area contributed by atoms with E-state index in [1.54, 1.807) is 0 Å². The van der Waals surface area contributed by atoms with Crippen molar-refractivity contribution in [3.63, 3.8) is 0 Å². The molecule has 3 rings (SSSR count). The molecule has 2 aliphatic rings. The number of likely N-dealkylation sites (tertiary alicyclic amines) is 1. The number of carbonyl (C=O) groups is 1. The molecule has 0 aromatic heterocycles. The molecular formula is C19H30N4O2. The third-order valence-electron chi connectivity index (χ3n) is 5.12. The summed E-state index contributed by atoms with van der Waals surface area (Å²) in [5.41, 5.74) is 3.14. The topological polar surface area (TPSA) is 56.8 Å². The first-order chi connectivity index (χ1) is 12.0. The summed E-state index contributed by atoms with van der Waals surface area (Å²) in [5, 5.41) is 6.10. The molecule has 2 amide bonds. The minimum absolute atomic E-state index is 0.113. The van der Waals surface area contributed by atoms with Gasteiger partial charge in [0.05, 0.1) is 13.2 Å². The average molecular weight is 346 g/mol. The van der Waals surface area contributed by atoms with Crippen LogP contribution in [0.2, 0.25) is 0 Å². The van der Waals surface area contributed by atoms with E-state index < -0.39 is 0 Å². The SMILES string of the molecule is Cc1cc(N2CCOCC2)ccc1NC(=O)NC1CCN(C(C)C)C1. The predicted octanol–water partition coefficient (Wildman–Crippen LogP) is 2.44. The first kappa shape index (κ1) is 18.0. The highest BCUT2D eigenvalue weighted by molar-refractivity contribution is 5.90. The molecule has 2 heterocycles. The van der Waals surface area contributed by atoms with Gasteiger partial charge in [0.1, 0.15) is 0 Å². The number of anilines is 2. The van der Waals surface area contributed by atoms with Crippen molar-refractivity contribution in [3.8, 4) is 0 Å². The van der Waals surface area contributed by atoms with E-state index in [9.17, 15) is 4.79 Å². The van der Waals surface area contributed by atoms with Crippen LogP contribution in [0.1, 0.15) is 25.8 Å². The summed E-state index contributed by atoms with van der Waals surface area (Å²) in [5.74, 6) is 0. The van der Waals surface area contributed by atoms with Gasteiger partial charge in [-0.2, -0.15) is 0 Å². The van der Waals surface area contributed by atoms with Gasteiger partial charge in [-0.25, -0.2) is 4.79 Å². The summed E-state index contributed by atoms with van der Waals surface area (Å²) in [6, 6.07) is 6.86. The number of urea groups is 1. The fourth-order valence-electron chi connectivity index (χ4n) is 3.52. The van der Waals surface area contributed by atoms with Crippen molar-refractivity contribution in [2.24, 2.45) is 0 Å². The number of nitrogens with zero attached hydrogens (tertiary/aromatic N) is 2. The minimum atomic E-state index is -0.113. The summed E-state index contributed by atoms with van der Waals surface area (Å²) in [4.78, 5) is 17.0. The maximum absolute atomic E-state index is 12.3. The molecule has 1 unspecified atom stereocenters. The zero-order chi connectivity index (χ0) is 17.8. The van der Waals surface area contributed by atoms with Gasteiger partial charge in [0.15, 0.2) is 0 Å². The van der Waals surface area contributed by atoms with Gasteiger partial charge in [-0.05, 0) is 51.0 Å². The molecule has 0 spiro atoms. The normalized spacial score (nSPS) is 21.6. The first-order valence-electron chi connectivity index (χ1n) is 9.28. The van der Waals surface area contributed by atoms with E-state index in [-0.39, 0.29) is 12.1 Å². The molecule has 6 heteroatoms. The van der Waals surface area contributed by atoms with Crippen LogP contribution in [0.3, 0.4) is 0 Å². The molecular weight excluding hydrogens is 316 g/mol. The largest absolute Gasteiger partial charge is 0.378 e. The Balaban J connectivity index is 1.54. The van der Waals surface area contributed by atoms with Crippen molar-refractivity contribution in [1.82, 2.24) is 10.2 Å². The van der Waals surface area contributed by atoms with E-state index >= 15 is 0 Å². The van der Waals surface area contributed by atoms with E-state index in [4.69, 9.17) is 4.74 Å². The van der Waals surface area contributed by atoms with Crippen LogP contribution in [-0.4, -0.2) is 62.4 Å². The summed E-state index contributed by atoms with van der Waals surface area (Å²) in [6.07, 6.45) is 1.01. The molecule has 0 aliphatic carbocycles. The van der Waals surface area contributed by atoms with Crippen molar-refractivity contribution >= 4 is 17.4 Å². The second-order valence-electron chi connectivity index (χ2n) is 7.27. The number of morpholine rings is 1. The van der Waals surface area contributed by atoms with E-state index in [1.807, 2.05) is 13.0 Å². The number of rotatable bonds is 4. The van der Waals surface area contributed by atoms with E-state index in [1.165, 1.54) is 5.69 Å². The summed E-state index contributed by atoms with van der Waals surface area (Å²) in [6.45, 7) is 11.8. The van der Waals surface area contributed by atoms with Crippen molar-refractivity contribution in [3.05, 3.63) is 23.8 Å². The second-order valence-corrected chi connectivity index (χ2v) is 7.27. The fourth-order valence-corrected chi connectivity index (χ4v) is 3.52. The molecule has 1 aromatic rings. The van der Waals surface area contributed by atoms with Crippen molar-refractivity contribution < 1.29 is 9.53 Å². The Kier molecular flexibility index (Phi) is 5.81. The van der Waals surface area contributed by atoms with Crippen LogP contribution in [0.15, 0.2) is 18.2 Å². The number of ether oxygens (including phenoxy) is 1. The lowest BCUT2D eigenvalue weighted by Gasteiger charge is -2.29. The number of hydrogen-bond donors (Lipinski definition) is 2. The molecule has 6 nitrogen and oxygen atoms in total. The predicted molar refractivity (Wildman–Crippen MR) is 101 cm³/mol. The Morgan fingerprint density at radius 2 is 2.00 bits per heavy atom. The summed E-state index contributed by atoms with van der Waals surface area (Å²) < 4.78 is 5.40. The van der Waals surface area contributed by atoms with Gasteiger partial charge < -0.3 is 20.3 Å². The Morgan fingerprint density at radius 3 is 2.64 bits per heavy atom. The Labute approximate surface area is 150 Å². The number of hydrogen-bond acceptors (Lipinski definition) is 4. The molecule has 138 valence electrons. The van der Waals surface area contributed by atoms with Gasteiger partial charge in [-0.1, -0.05) is 0 Å². The van der Waals surface area contributed by atoms with E-state index in [0.29, 0.717) is 6.04 Å². The van der Waals surface area contributed by atoms with Crippen LogP contribution in [0.25, 0.3) is 0 Å². The third kappa shape index (κ3) is 4.64. The average Bonchev–Trinajstić information content (AvgIpc) is 3.06. The van der Waals surface area contributed by atoms with Crippen molar-refractivity contribution in [2.45, 2.75) is 39.3 Å². The van der Waals surface area contributed by atoms with Gasteiger partial charge >= 0.3 is 6.03 Å². The van der Waals surface area contributed by atoms with Crippen LogP contribution in [-0.2, 0) is 4.74 Å². The number of aryl methyl sites for hydroxylation is 1. The molecule has 1 aromatic carbocycles.